The molecule has 264 valence electrons. The number of aromatic nitrogens is 3. The van der Waals surface area contributed by atoms with Crippen molar-refractivity contribution in [3.63, 3.8) is 0 Å². The van der Waals surface area contributed by atoms with Crippen LogP contribution in [0, 0.1) is 0 Å². The van der Waals surface area contributed by atoms with Crippen LogP contribution in [0.5, 0.6) is 28.9 Å². The van der Waals surface area contributed by atoms with E-state index in [1.807, 2.05) is 4.90 Å². The first kappa shape index (κ1) is 35.7. The van der Waals surface area contributed by atoms with E-state index in [1.165, 1.54) is 32.5 Å². The normalized spacial score (nSPS) is 12.8. The van der Waals surface area contributed by atoms with Gasteiger partial charge < -0.3 is 28.6 Å². The van der Waals surface area contributed by atoms with Crippen LogP contribution in [0.4, 0.5) is 16.4 Å². The summed E-state index contributed by atoms with van der Waals surface area (Å²) in [5.74, 6) is 1.22. The number of ether oxygens (including phenoxy) is 5. The lowest BCUT2D eigenvalue weighted by Gasteiger charge is -2.26. The second-order valence-corrected chi connectivity index (χ2v) is 12.7. The van der Waals surface area contributed by atoms with Crippen molar-refractivity contribution in [1.82, 2.24) is 19.9 Å². The number of rotatable bonds is 15. The number of likely N-dealkylation sites (tertiary alicyclic amines) is 1. The van der Waals surface area contributed by atoms with Crippen molar-refractivity contribution in [2.75, 3.05) is 50.6 Å². The first-order chi connectivity index (χ1) is 24.3. The first-order valence-electron chi connectivity index (χ1n) is 15.9. The van der Waals surface area contributed by atoms with Gasteiger partial charge in [0.1, 0.15) is 42.6 Å². The summed E-state index contributed by atoms with van der Waals surface area (Å²) in [6, 6.07) is 16.0. The second-order valence-electron chi connectivity index (χ2n) is 11.0. The van der Waals surface area contributed by atoms with Gasteiger partial charge in [-0.3, -0.25) is 14.8 Å². The number of carbonyl (C=O) groups is 2. The number of sulfonamides is 1. The molecule has 2 aromatic carbocycles. The van der Waals surface area contributed by atoms with Gasteiger partial charge in [-0.15, -0.1) is 0 Å². The van der Waals surface area contributed by atoms with Gasteiger partial charge in [-0.1, -0.05) is 6.07 Å². The number of hydrogen-bond donors (Lipinski definition) is 2. The van der Waals surface area contributed by atoms with Crippen LogP contribution in [0.25, 0.3) is 0 Å². The summed E-state index contributed by atoms with van der Waals surface area (Å²) < 4.78 is 57.6. The van der Waals surface area contributed by atoms with Crippen molar-refractivity contribution >= 4 is 33.7 Å². The molecular weight excluding hydrogens is 668 g/mol. The van der Waals surface area contributed by atoms with E-state index in [0.29, 0.717) is 35.1 Å². The molecule has 1 aliphatic heterocycles. The van der Waals surface area contributed by atoms with Gasteiger partial charge in [0, 0.05) is 25.7 Å². The molecular formula is C34H38N6O9S. The molecule has 0 spiro atoms. The highest BCUT2D eigenvalue weighted by Gasteiger charge is 2.24. The molecule has 3 heterocycles. The maximum atomic E-state index is 13.8. The number of nitrogens with one attached hydrogen (secondary N) is 2. The summed E-state index contributed by atoms with van der Waals surface area (Å²) in [5.41, 5.74) is 0.564. The molecule has 15 nitrogen and oxygen atoms in total. The maximum absolute atomic E-state index is 13.8. The molecule has 4 aromatic rings. The minimum absolute atomic E-state index is 0.0196. The summed E-state index contributed by atoms with van der Waals surface area (Å²) in [4.78, 5) is 39.0. The zero-order chi connectivity index (χ0) is 35.3. The molecule has 0 atom stereocenters. The van der Waals surface area contributed by atoms with Crippen molar-refractivity contribution in [3.8, 4) is 28.9 Å². The quantitative estimate of drug-likeness (QED) is 0.157. The lowest BCUT2D eigenvalue weighted by atomic mass is 10.1. The van der Waals surface area contributed by atoms with Crippen LogP contribution in [0.3, 0.4) is 0 Å². The summed E-state index contributed by atoms with van der Waals surface area (Å²) >= 11 is 0. The third-order valence-electron chi connectivity index (χ3n) is 7.61. The summed E-state index contributed by atoms with van der Waals surface area (Å²) in [6.45, 7) is 1.12. The molecule has 1 aliphatic rings. The highest BCUT2D eigenvalue weighted by molar-refractivity contribution is 7.92. The number of carbonyl (C=O) groups excluding carboxylic acids is 2. The minimum Gasteiger partial charge on any atom is -0.497 e. The Morgan fingerprint density at radius 3 is 2.38 bits per heavy atom. The Labute approximate surface area is 290 Å². The van der Waals surface area contributed by atoms with E-state index in [4.69, 9.17) is 23.7 Å². The molecule has 50 heavy (non-hydrogen) atoms. The fraction of sp³-hybridized carbons (Fsp3) is 0.324. The van der Waals surface area contributed by atoms with Crippen LogP contribution < -0.4 is 29.0 Å². The van der Waals surface area contributed by atoms with Gasteiger partial charge in [-0.25, -0.2) is 23.2 Å². The Kier molecular flexibility index (Phi) is 12.2. The molecule has 0 bridgehead atoms. The van der Waals surface area contributed by atoms with Crippen molar-refractivity contribution in [2.45, 2.75) is 37.0 Å². The Morgan fingerprint density at radius 2 is 1.66 bits per heavy atom. The number of anilines is 2. The van der Waals surface area contributed by atoms with Crippen LogP contribution in [-0.2, 0) is 26.0 Å². The molecule has 5 rings (SSSR count). The number of aryl methyl sites for hydroxylation is 1. The van der Waals surface area contributed by atoms with E-state index in [9.17, 15) is 18.0 Å². The molecule has 2 aromatic heterocycles. The molecule has 16 heteroatoms. The standard InChI is InChI=1S/C34H38N6O9S/c1-45-25-10-12-26(13-11-25)49-31-32(36-23-37-33(31)47-20-21-48-34(42)38-29-8-4-5-17-35-29)39-50(43,44)27-14-15-28(46-2)24(22-27)9-16-30(41)40-18-6-3-7-19-40/h4-5,8,10-15,17,22-23H,3,6-7,9,16,18-21H2,1-2H3,(H,35,38,42)(H,36,37,39). The summed E-state index contributed by atoms with van der Waals surface area (Å²) in [7, 11) is -1.25. The van der Waals surface area contributed by atoms with E-state index >= 15 is 0 Å². The highest BCUT2D eigenvalue weighted by Crippen LogP contribution is 2.37. The van der Waals surface area contributed by atoms with Crippen LogP contribution in [0.1, 0.15) is 31.2 Å². The predicted octanol–water partition coefficient (Wildman–Crippen LogP) is 5.05. The van der Waals surface area contributed by atoms with E-state index < -0.39 is 16.1 Å². The van der Waals surface area contributed by atoms with Gasteiger partial charge in [0.2, 0.25) is 11.7 Å². The molecule has 2 N–H and O–H groups in total. The Hall–Kier alpha value is -5.64. The van der Waals surface area contributed by atoms with E-state index in [-0.39, 0.29) is 47.9 Å². The van der Waals surface area contributed by atoms with E-state index in [1.54, 1.807) is 48.5 Å². The van der Waals surface area contributed by atoms with Crippen molar-refractivity contribution in [2.24, 2.45) is 0 Å². The Morgan fingerprint density at radius 1 is 0.880 bits per heavy atom. The lowest BCUT2D eigenvalue weighted by Crippen LogP contribution is -2.35. The Bertz CT molecular complexity index is 1860. The molecule has 0 radical (unpaired) electrons. The third kappa shape index (κ3) is 9.72. The highest BCUT2D eigenvalue weighted by atomic mass is 32.2. The van der Waals surface area contributed by atoms with Crippen LogP contribution in [0.2, 0.25) is 0 Å². The number of piperidine rings is 1. The second kappa shape index (κ2) is 17.1. The largest absolute Gasteiger partial charge is 0.497 e. The topological polar surface area (TPSA) is 180 Å². The molecule has 2 amide bonds. The number of methoxy groups -OCH3 is 2. The minimum atomic E-state index is -4.26. The molecule has 1 fully saturated rings. The zero-order valence-corrected chi connectivity index (χ0v) is 28.5. The number of nitrogens with zero attached hydrogens (tertiary/aromatic N) is 4. The summed E-state index contributed by atoms with van der Waals surface area (Å²) in [5, 5.41) is 2.49. The molecule has 1 saturated heterocycles. The van der Waals surface area contributed by atoms with Gasteiger partial charge in [-0.2, -0.15) is 4.98 Å². The van der Waals surface area contributed by atoms with Gasteiger partial charge in [0.15, 0.2) is 5.82 Å². The molecule has 0 unspecified atom stereocenters. The van der Waals surface area contributed by atoms with E-state index in [0.717, 1.165) is 38.7 Å². The number of hydrogen-bond acceptors (Lipinski definition) is 12. The SMILES string of the molecule is COc1ccc(Oc2c(NS(=O)(=O)c3ccc(OC)c(CCC(=O)N4CCCCC4)c3)ncnc2OCCOC(=O)Nc2ccccn2)cc1. The zero-order valence-electron chi connectivity index (χ0n) is 27.7. The molecule has 0 aliphatic carbocycles. The number of benzene rings is 2. The fourth-order valence-electron chi connectivity index (χ4n) is 5.08. The lowest BCUT2D eigenvalue weighted by molar-refractivity contribution is -0.132. The van der Waals surface area contributed by atoms with E-state index in [2.05, 4.69) is 25.0 Å². The van der Waals surface area contributed by atoms with Gasteiger partial charge in [0.25, 0.3) is 15.9 Å². The van der Waals surface area contributed by atoms with Crippen molar-refractivity contribution < 1.29 is 41.7 Å². The van der Waals surface area contributed by atoms with Crippen molar-refractivity contribution in [3.05, 3.63) is 78.8 Å². The maximum Gasteiger partial charge on any atom is 0.412 e. The van der Waals surface area contributed by atoms with Crippen LogP contribution in [-0.4, -0.2) is 80.8 Å². The van der Waals surface area contributed by atoms with Gasteiger partial charge in [-0.05, 0) is 85.8 Å². The van der Waals surface area contributed by atoms with Crippen molar-refractivity contribution in [1.29, 1.82) is 0 Å². The first-order valence-corrected chi connectivity index (χ1v) is 17.4. The average Bonchev–Trinajstić information content (AvgIpc) is 3.14. The fourth-order valence-corrected chi connectivity index (χ4v) is 6.15. The average molecular weight is 707 g/mol. The number of pyridine rings is 1. The smallest absolute Gasteiger partial charge is 0.412 e. The monoisotopic (exact) mass is 706 g/mol. The van der Waals surface area contributed by atoms with Gasteiger partial charge >= 0.3 is 6.09 Å². The van der Waals surface area contributed by atoms with Crippen LogP contribution in [0.15, 0.2) is 78.1 Å². The number of amides is 2. The van der Waals surface area contributed by atoms with Crippen LogP contribution >= 0.6 is 0 Å². The molecule has 0 saturated carbocycles. The van der Waals surface area contributed by atoms with Gasteiger partial charge in [0.05, 0.1) is 19.1 Å². The Balaban J connectivity index is 1.33. The third-order valence-corrected chi connectivity index (χ3v) is 8.95. The summed E-state index contributed by atoms with van der Waals surface area (Å²) in [6.07, 6.45) is 5.46. The predicted molar refractivity (Wildman–Crippen MR) is 182 cm³/mol.